The van der Waals surface area contributed by atoms with Gasteiger partial charge < -0.3 is 14.5 Å². The van der Waals surface area contributed by atoms with E-state index >= 15 is 0 Å². The van der Waals surface area contributed by atoms with E-state index in [9.17, 15) is 9.59 Å². The lowest BCUT2D eigenvalue weighted by Crippen LogP contribution is -2.51. The molecule has 0 spiro atoms. The van der Waals surface area contributed by atoms with Crippen LogP contribution in [0.1, 0.15) is 31.7 Å². The Hall–Kier alpha value is -2.66. The minimum Gasteiger partial charge on any atom is -0.378 e. The number of carbonyl (C=O) groups excluding carboxylic acids is 2. The molecule has 0 aliphatic carbocycles. The van der Waals surface area contributed by atoms with Crippen molar-refractivity contribution in [2.45, 2.75) is 32.6 Å². The van der Waals surface area contributed by atoms with Gasteiger partial charge in [-0.1, -0.05) is 61.5 Å². The molecule has 2 heterocycles. The Balaban J connectivity index is 1.56. The second kappa shape index (κ2) is 9.65. The first-order chi connectivity index (χ1) is 15.1. The Kier molecular flexibility index (Phi) is 6.71. The minimum absolute atomic E-state index is 0.165. The van der Waals surface area contributed by atoms with Crippen LogP contribution in [0.15, 0.2) is 54.6 Å². The van der Waals surface area contributed by atoms with Gasteiger partial charge in [-0.05, 0) is 36.0 Å². The molecule has 0 unspecified atom stereocenters. The number of carbonyl (C=O) groups is 2. The summed E-state index contributed by atoms with van der Waals surface area (Å²) in [5, 5.41) is 0. The standard InChI is InChI=1S/C26H32N2O3/c1-2-6-24(29)28-14-13-26(20-28,25(30)27-15-17-31-18-16-27)19-21-9-11-23(12-10-21)22-7-4-3-5-8-22/h3-5,7-12H,2,6,13-20H2,1H3/t26-/m1/s1. The Morgan fingerprint density at radius 3 is 2.26 bits per heavy atom. The van der Waals surface area contributed by atoms with Crippen LogP contribution in [0.4, 0.5) is 0 Å². The van der Waals surface area contributed by atoms with Crippen LogP contribution in [-0.2, 0) is 20.7 Å². The third kappa shape index (κ3) is 4.82. The highest BCUT2D eigenvalue weighted by atomic mass is 16.5. The van der Waals surface area contributed by atoms with Crippen LogP contribution in [0.5, 0.6) is 0 Å². The molecule has 31 heavy (non-hydrogen) atoms. The number of morpholine rings is 1. The topological polar surface area (TPSA) is 49.9 Å². The summed E-state index contributed by atoms with van der Waals surface area (Å²) in [6.07, 6.45) is 2.77. The first kappa shape index (κ1) is 21.6. The number of amides is 2. The number of ether oxygens (including phenoxy) is 1. The smallest absolute Gasteiger partial charge is 0.231 e. The lowest BCUT2D eigenvalue weighted by atomic mass is 9.79. The van der Waals surface area contributed by atoms with Crippen LogP contribution in [0.2, 0.25) is 0 Å². The molecule has 0 radical (unpaired) electrons. The molecule has 2 aliphatic rings. The highest BCUT2D eigenvalue weighted by Crippen LogP contribution is 2.37. The van der Waals surface area contributed by atoms with Crippen molar-refractivity contribution in [2.75, 3.05) is 39.4 Å². The molecule has 4 rings (SSSR count). The quantitative estimate of drug-likeness (QED) is 0.715. The zero-order chi connectivity index (χ0) is 21.7. The molecule has 2 saturated heterocycles. The fourth-order valence-electron chi connectivity index (χ4n) is 4.79. The molecule has 5 heteroatoms. The van der Waals surface area contributed by atoms with Gasteiger partial charge in [0, 0.05) is 32.6 Å². The third-order valence-electron chi connectivity index (χ3n) is 6.53. The van der Waals surface area contributed by atoms with Crippen LogP contribution < -0.4 is 0 Å². The molecule has 2 aromatic carbocycles. The summed E-state index contributed by atoms with van der Waals surface area (Å²) in [5.74, 6) is 0.341. The zero-order valence-corrected chi connectivity index (χ0v) is 18.4. The summed E-state index contributed by atoms with van der Waals surface area (Å²) in [5.41, 5.74) is 2.95. The molecule has 2 aliphatic heterocycles. The number of rotatable bonds is 6. The molecular weight excluding hydrogens is 388 g/mol. The fraction of sp³-hybridized carbons (Fsp3) is 0.462. The summed E-state index contributed by atoms with van der Waals surface area (Å²) in [7, 11) is 0. The van der Waals surface area contributed by atoms with Crippen molar-refractivity contribution in [1.82, 2.24) is 9.80 Å². The van der Waals surface area contributed by atoms with Crippen molar-refractivity contribution >= 4 is 11.8 Å². The van der Waals surface area contributed by atoms with Gasteiger partial charge >= 0.3 is 0 Å². The van der Waals surface area contributed by atoms with Crippen LogP contribution in [0.3, 0.4) is 0 Å². The van der Waals surface area contributed by atoms with Crippen molar-refractivity contribution in [3.63, 3.8) is 0 Å². The lowest BCUT2D eigenvalue weighted by Gasteiger charge is -2.36. The van der Waals surface area contributed by atoms with Crippen molar-refractivity contribution < 1.29 is 14.3 Å². The summed E-state index contributed by atoms with van der Waals surface area (Å²) >= 11 is 0. The fourth-order valence-corrected chi connectivity index (χ4v) is 4.79. The molecule has 5 nitrogen and oxygen atoms in total. The predicted octanol–water partition coefficient (Wildman–Crippen LogP) is 3.77. The number of likely N-dealkylation sites (tertiary alicyclic amines) is 1. The maximum atomic E-state index is 13.7. The largest absolute Gasteiger partial charge is 0.378 e. The van der Waals surface area contributed by atoms with Crippen molar-refractivity contribution in [3.05, 3.63) is 60.2 Å². The Morgan fingerprint density at radius 1 is 0.903 bits per heavy atom. The summed E-state index contributed by atoms with van der Waals surface area (Å²) < 4.78 is 5.45. The lowest BCUT2D eigenvalue weighted by molar-refractivity contribution is -0.146. The van der Waals surface area contributed by atoms with Crippen molar-refractivity contribution in [3.8, 4) is 11.1 Å². The average molecular weight is 421 g/mol. The van der Waals surface area contributed by atoms with Crippen LogP contribution in [0, 0.1) is 5.41 Å². The van der Waals surface area contributed by atoms with Gasteiger partial charge in [0.05, 0.1) is 18.6 Å². The average Bonchev–Trinajstić information content (AvgIpc) is 3.26. The first-order valence-electron chi connectivity index (χ1n) is 11.4. The van der Waals surface area contributed by atoms with Gasteiger partial charge in [0.2, 0.25) is 11.8 Å². The van der Waals surface area contributed by atoms with Crippen LogP contribution in [0.25, 0.3) is 11.1 Å². The van der Waals surface area contributed by atoms with E-state index in [0.717, 1.165) is 18.4 Å². The summed E-state index contributed by atoms with van der Waals surface area (Å²) in [6, 6.07) is 18.8. The zero-order valence-electron chi connectivity index (χ0n) is 18.4. The number of nitrogens with zero attached hydrogens (tertiary/aromatic N) is 2. The maximum Gasteiger partial charge on any atom is 0.231 e. The van der Waals surface area contributed by atoms with Gasteiger partial charge in [0.1, 0.15) is 0 Å². The molecule has 2 amide bonds. The normalized spacial score (nSPS) is 21.3. The van der Waals surface area contributed by atoms with Gasteiger partial charge in [-0.3, -0.25) is 9.59 Å². The molecular formula is C26H32N2O3. The van der Waals surface area contributed by atoms with E-state index in [2.05, 4.69) is 36.4 Å². The summed E-state index contributed by atoms with van der Waals surface area (Å²) in [6.45, 7) is 5.65. The Labute approximate surface area is 185 Å². The maximum absolute atomic E-state index is 13.7. The minimum atomic E-state index is -0.547. The van der Waals surface area contributed by atoms with E-state index in [1.54, 1.807) is 0 Å². The molecule has 0 saturated carbocycles. The molecule has 0 aromatic heterocycles. The van der Waals surface area contributed by atoms with E-state index in [1.165, 1.54) is 11.1 Å². The third-order valence-corrected chi connectivity index (χ3v) is 6.53. The predicted molar refractivity (Wildman–Crippen MR) is 122 cm³/mol. The van der Waals surface area contributed by atoms with Gasteiger partial charge in [-0.25, -0.2) is 0 Å². The van der Waals surface area contributed by atoms with E-state index in [4.69, 9.17) is 4.74 Å². The van der Waals surface area contributed by atoms with Crippen molar-refractivity contribution in [1.29, 1.82) is 0 Å². The first-order valence-corrected chi connectivity index (χ1v) is 11.4. The second-order valence-electron chi connectivity index (χ2n) is 8.74. The second-order valence-corrected chi connectivity index (χ2v) is 8.74. The molecule has 164 valence electrons. The van der Waals surface area contributed by atoms with E-state index in [1.807, 2.05) is 34.9 Å². The number of benzene rings is 2. The Morgan fingerprint density at radius 2 is 1.58 bits per heavy atom. The monoisotopic (exact) mass is 420 g/mol. The number of hydrogen-bond donors (Lipinski definition) is 0. The number of hydrogen-bond acceptors (Lipinski definition) is 3. The molecule has 2 fully saturated rings. The van der Waals surface area contributed by atoms with Gasteiger partial charge in [-0.15, -0.1) is 0 Å². The summed E-state index contributed by atoms with van der Waals surface area (Å²) in [4.78, 5) is 30.1. The Bertz CT molecular complexity index is 891. The van der Waals surface area contributed by atoms with E-state index in [0.29, 0.717) is 52.2 Å². The molecule has 1 atom stereocenters. The van der Waals surface area contributed by atoms with Crippen LogP contribution >= 0.6 is 0 Å². The van der Waals surface area contributed by atoms with Crippen molar-refractivity contribution in [2.24, 2.45) is 5.41 Å². The van der Waals surface area contributed by atoms with Crippen LogP contribution in [-0.4, -0.2) is 61.0 Å². The highest BCUT2D eigenvalue weighted by molar-refractivity contribution is 5.86. The van der Waals surface area contributed by atoms with E-state index < -0.39 is 5.41 Å². The van der Waals surface area contributed by atoms with Gasteiger partial charge in [0.15, 0.2) is 0 Å². The molecule has 0 bridgehead atoms. The van der Waals surface area contributed by atoms with E-state index in [-0.39, 0.29) is 11.8 Å². The van der Waals surface area contributed by atoms with Gasteiger partial charge in [-0.2, -0.15) is 0 Å². The highest BCUT2D eigenvalue weighted by Gasteiger charge is 2.47. The molecule has 2 aromatic rings. The van der Waals surface area contributed by atoms with Gasteiger partial charge in [0.25, 0.3) is 0 Å². The molecule has 0 N–H and O–H groups in total. The SMILES string of the molecule is CCCC(=O)N1CC[C@](Cc2ccc(-c3ccccc3)cc2)(C(=O)N2CCOCC2)C1.